The van der Waals surface area contributed by atoms with Gasteiger partial charge in [-0.3, -0.25) is 4.57 Å². The first-order valence-corrected chi connectivity index (χ1v) is 20.9. The Morgan fingerprint density at radius 3 is 1.79 bits per heavy atom. The maximum atomic E-state index is 6.39. The van der Waals surface area contributed by atoms with Gasteiger partial charge in [0.1, 0.15) is 11.2 Å². The van der Waals surface area contributed by atoms with Crippen molar-refractivity contribution in [3.8, 4) is 51.0 Å². The maximum Gasteiger partial charge on any atom is 0.168 e. The van der Waals surface area contributed by atoms with Gasteiger partial charge in [-0.05, 0) is 72.3 Å². The molecule has 0 fully saturated rings. The average molecular weight is 794 g/mol. The third-order valence-corrected chi connectivity index (χ3v) is 12.4. The third kappa shape index (κ3) is 5.10. The standard InChI is InChI=1S/C56H35N5O/c1-3-16-36(17-4-1)55-57-58-56(60(55)39-19-5-2-6-20-39)38-30-31-43-42-23-8-12-27-47(42)59(50(43)35-38)40-21-15-18-37(34-40)41-22-7-11-26-46(41)61-48-28-13-9-24-44(48)53-49(61)32-33-52-54(53)45-25-10-14-29-51(45)62-52/h1-35H. The SMILES string of the molecule is c1ccc(-c2nnc(-c3ccc4c5ccccc5n(-c5cccc(-c6ccccc6-n6c7ccccc7c7c8c(ccc76)oc6ccccc68)c5)c4c3)n2-c2ccccc2)cc1. The van der Waals surface area contributed by atoms with Crippen LogP contribution in [0.25, 0.3) is 117 Å². The molecule has 0 N–H and O–H groups in total. The van der Waals surface area contributed by atoms with Crippen molar-refractivity contribution >= 4 is 65.6 Å². The molecule has 0 radical (unpaired) electrons. The Morgan fingerprint density at radius 2 is 0.952 bits per heavy atom. The van der Waals surface area contributed by atoms with Crippen molar-refractivity contribution in [3.63, 3.8) is 0 Å². The summed E-state index contributed by atoms with van der Waals surface area (Å²) in [6.07, 6.45) is 0. The van der Waals surface area contributed by atoms with Crippen LogP contribution in [0.2, 0.25) is 0 Å². The summed E-state index contributed by atoms with van der Waals surface area (Å²) < 4.78 is 13.4. The zero-order valence-corrected chi connectivity index (χ0v) is 33.4. The van der Waals surface area contributed by atoms with Gasteiger partial charge in [0, 0.05) is 60.4 Å². The van der Waals surface area contributed by atoms with Gasteiger partial charge in [0.25, 0.3) is 0 Å². The quantitative estimate of drug-likeness (QED) is 0.168. The minimum Gasteiger partial charge on any atom is -0.456 e. The van der Waals surface area contributed by atoms with Crippen molar-refractivity contribution < 1.29 is 4.42 Å². The molecule has 0 saturated carbocycles. The van der Waals surface area contributed by atoms with E-state index in [1.54, 1.807) is 0 Å². The normalized spacial score (nSPS) is 11.9. The third-order valence-electron chi connectivity index (χ3n) is 12.4. The van der Waals surface area contributed by atoms with Crippen LogP contribution in [0, 0.1) is 0 Å². The molecule has 0 saturated heterocycles. The first-order chi connectivity index (χ1) is 30.8. The highest BCUT2D eigenvalue weighted by molar-refractivity contribution is 6.27. The van der Waals surface area contributed by atoms with E-state index in [0.29, 0.717) is 0 Å². The van der Waals surface area contributed by atoms with Crippen LogP contribution >= 0.6 is 0 Å². The molecular formula is C56H35N5O. The number of furan rings is 1. The Kier molecular flexibility index (Phi) is 7.50. The van der Waals surface area contributed by atoms with E-state index >= 15 is 0 Å². The Morgan fingerprint density at radius 1 is 0.323 bits per heavy atom. The number of aromatic nitrogens is 5. The van der Waals surface area contributed by atoms with Gasteiger partial charge < -0.3 is 13.6 Å². The van der Waals surface area contributed by atoms with Crippen LogP contribution < -0.4 is 0 Å². The van der Waals surface area contributed by atoms with Crippen molar-refractivity contribution in [1.82, 2.24) is 23.9 Å². The van der Waals surface area contributed by atoms with Gasteiger partial charge in [0.2, 0.25) is 0 Å². The molecule has 6 nitrogen and oxygen atoms in total. The largest absolute Gasteiger partial charge is 0.456 e. The molecule has 4 heterocycles. The van der Waals surface area contributed by atoms with E-state index in [4.69, 9.17) is 14.6 Å². The summed E-state index contributed by atoms with van der Waals surface area (Å²) in [7, 11) is 0. The zero-order chi connectivity index (χ0) is 40.7. The molecule has 0 amide bonds. The minimum absolute atomic E-state index is 0.781. The van der Waals surface area contributed by atoms with Gasteiger partial charge in [0.05, 0.1) is 27.8 Å². The van der Waals surface area contributed by atoms with Gasteiger partial charge in [0.15, 0.2) is 11.6 Å². The Bertz CT molecular complexity index is 3870. The van der Waals surface area contributed by atoms with E-state index in [1.165, 1.54) is 21.5 Å². The van der Waals surface area contributed by atoms with Crippen LogP contribution in [-0.2, 0) is 0 Å². The molecule has 62 heavy (non-hydrogen) atoms. The number of hydrogen-bond donors (Lipinski definition) is 0. The first kappa shape index (κ1) is 34.4. The molecule has 290 valence electrons. The number of nitrogens with zero attached hydrogens (tertiary/aromatic N) is 5. The fraction of sp³-hybridized carbons (Fsp3) is 0. The Hall–Kier alpha value is -8.48. The highest BCUT2D eigenvalue weighted by atomic mass is 16.3. The predicted octanol–water partition coefficient (Wildman–Crippen LogP) is 14.4. The smallest absolute Gasteiger partial charge is 0.168 e. The molecule has 0 aliphatic rings. The van der Waals surface area contributed by atoms with E-state index in [0.717, 1.165) is 95.0 Å². The fourth-order valence-corrected chi connectivity index (χ4v) is 9.71. The molecule has 0 unspecified atom stereocenters. The van der Waals surface area contributed by atoms with Crippen molar-refractivity contribution in [2.24, 2.45) is 0 Å². The molecule has 0 spiro atoms. The molecule has 9 aromatic carbocycles. The van der Waals surface area contributed by atoms with Gasteiger partial charge in [-0.1, -0.05) is 146 Å². The lowest BCUT2D eigenvalue weighted by molar-refractivity contribution is 0.669. The van der Waals surface area contributed by atoms with Crippen LogP contribution in [0.4, 0.5) is 0 Å². The van der Waals surface area contributed by atoms with Gasteiger partial charge in [-0.15, -0.1) is 10.2 Å². The average Bonchev–Trinajstić information content (AvgIpc) is 4.11. The summed E-state index contributed by atoms with van der Waals surface area (Å²) in [6.45, 7) is 0. The maximum absolute atomic E-state index is 6.39. The lowest BCUT2D eigenvalue weighted by Crippen LogP contribution is -2.00. The lowest BCUT2D eigenvalue weighted by atomic mass is 10.0. The van der Waals surface area contributed by atoms with Crippen molar-refractivity contribution in [2.75, 3.05) is 0 Å². The summed E-state index contributed by atoms with van der Waals surface area (Å²) in [5, 5.41) is 16.7. The summed E-state index contributed by atoms with van der Waals surface area (Å²) in [5.41, 5.74) is 13.8. The number of benzene rings is 9. The van der Waals surface area contributed by atoms with Crippen molar-refractivity contribution in [2.45, 2.75) is 0 Å². The lowest BCUT2D eigenvalue weighted by Gasteiger charge is -2.16. The summed E-state index contributed by atoms with van der Waals surface area (Å²) in [5.74, 6) is 1.58. The fourth-order valence-electron chi connectivity index (χ4n) is 9.71. The molecule has 0 bridgehead atoms. The van der Waals surface area contributed by atoms with E-state index in [9.17, 15) is 0 Å². The van der Waals surface area contributed by atoms with E-state index in [1.807, 2.05) is 30.3 Å². The second-order valence-electron chi connectivity index (χ2n) is 15.8. The molecular weight excluding hydrogens is 759 g/mol. The summed E-state index contributed by atoms with van der Waals surface area (Å²) in [6, 6.07) is 75.1. The Labute approximate surface area is 355 Å². The number of para-hydroxylation sites is 5. The Balaban J connectivity index is 1.01. The highest BCUT2D eigenvalue weighted by Gasteiger charge is 2.22. The molecule has 0 atom stereocenters. The minimum atomic E-state index is 0.781. The highest BCUT2D eigenvalue weighted by Crippen LogP contribution is 2.43. The molecule has 13 aromatic rings. The summed E-state index contributed by atoms with van der Waals surface area (Å²) >= 11 is 0. The van der Waals surface area contributed by atoms with Crippen LogP contribution in [0.3, 0.4) is 0 Å². The molecule has 13 rings (SSSR count). The molecule has 0 aliphatic heterocycles. The van der Waals surface area contributed by atoms with Crippen LogP contribution in [0.15, 0.2) is 217 Å². The first-order valence-electron chi connectivity index (χ1n) is 20.9. The van der Waals surface area contributed by atoms with Crippen LogP contribution in [0.5, 0.6) is 0 Å². The van der Waals surface area contributed by atoms with Crippen LogP contribution in [-0.4, -0.2) is 23.9 Å². The monoisotopic (exact) mass is 793 g/mol. The number of rotatable bonds is 6. The van der Waals surface area contributed by atoms with E-state index in [-0.39, 0.29) is 0 Å². The van der Waals surface area contributed by atoms with E-state index < -0.39 is 0 Å². The zero-order valence-electron chi connectivity index (χ0n) is 33.4. The number of fused-ring (bicyclic) bond motifs is 10. The van der Waals surface area contributed by atoms with Crippen molar-refractivity contribution in [1.29, 1.82) is 0 Å². The van der Waals surface area contributed by atoms with Gasteiger partial charge in [-0.2, -0.15) is 0 Å². The predicted molar refractivity (Wildman–Crippen MR) is 254 cm³/mol. The van der Waals surface area contributed by atoms with E-state index in [2.05, 4.69) is 196 Å². The second-order valence-corrected chi connectivity index (χ2v) is 15.8. The molecule has 4 aromatic heterocycles. The van der Waals surface area contributed by atoms with Gasteiger partial charge in [-0.25, -0.2) is 0 Å². The second kappa shape index (κ2) is 13.5. The molecule has 6 heteroatoms. The molecule has 0 aliphatic carbocycles. The van der Waals surface area contributed by atoms with Gasteiger partial charge >= 0.3 is 0 Å². The van der Waals surface area contributed by atoms with Crippen molar-refractivity contribution in [3.05, 3.63) is 212 Å². The summed E-state index contributed by atoms with van der Waals surface area (Å²) in [4.78, 5) is 0. The number of hydrogen-bond acceptors (Lipinski definition) is 3. The topological polar surface area (TPSA) is 53.7 Å². The van der Waals surface area contributed by atoms with Crippen LogP contribution in [0.1, 0.15) is 0 Å².